The Morgan fingerprint density at radius 3 is 2.33 bits per heavy atom. The highest BCUT2D eigenvalue weighted by Gasteiger charge is 2.22. The normalized spacial score (nSPS) is 11.2. The van der Waals surface area contributed by atoms with Crippen molar-refractivity contribution >= 4 is 15.7 Å². The average molecular weight is 345 g/mol. The highest BCUT2D eigenvalue weighted by molar-refractivity contribution is 7.92. The van der Waals surface area contributed by atoms with Gasteiger partial charge in [-0.3, -0.25) is 9.82 Å². The number of para-hydroxylation sites is 1. The molecular formula is C15H15N5O3S. The lowest BCUT2D eigenvalue weighted by Gasteiger charge is -2.08. The summed E-state index contributed by atoms with van der Waals surface area (Å²) in [4.78, 5) is 8.12. The third kappa shape index (κ3) is 3.35. The number of H-pyrrole nitrogens is 1. The lowest BCUT2D eigenvalue weighted by Crippen LogP contribution is -2.15. The van der Waals surface area contributed by atoms with Crippen LogP contribution in [-0.4, -0.2) is 28.6 Å². The lowest BCUT2D eigenvalue weighted by atomic mass is 10.3. The second kappa shape index (κ2) is 6.28. The van der Waals surface area contributed by atoms with Crippen LogP contribution in [0.3, 0.4) is 0 Å². The fraction of sp³-hybridized carbons (Fsp3) is 0.133. The Hall–Kier alpha value is -2.94. The van der Waals surface area contributed by atoms with Gasteiger partial charge in [0.1, 0.15) is 10.6 Å². The summed E-state index contributed by atoms with van der Waals surface area (Å²) in [7, 11) is -3.77. The number of rotatable bonds is 5. The summed E-state index contributed by atoms with van der Waals surface area (Å²) in [6.07, 6.45) is 2.68. The zero-order valence-corrected chi connectivity index (χ0v) is 13.8. The number of anilines is 1. The molecule has 0 unspecified atom stereocenters. The Kier molecular flexibility index (Phi) is 4.17. The fourth-order valence-corrected chi connectivity index (χ4v) is 3.56. The van der Waals surface area contributed by atoms with E-state index in [0.29, 0.717) is 17.1 Å². The van der Waals surface area contributed by atoms with Crippen LogP contribution in [0.25, 0.3) is 0 Å². The zero-order valence-electron chi connectivity index (χ0n) is 13.0. The van der Waals surface area contributed by atoms with E-state index in [0.717, 1.165) is 0 Å². The topological polar surface area (TPSA) is 110 Å². The molecule has 0 radical (unpaired) electrons. The minimum absolute atomic E-state index is 0.118. The zero-order chi connectivity index (χ0) is 17.2. The predicted molar refractivity (Wildman–Crippen MR) is 87.4 cm³/mol. The Labute approximate surface area is 139 Å². The summed E-state index contributed by atoms with van der Waals surface area (Å²) < 4.78 is 32.7. The van der Waals surface area contributed by atoms with Crippen molar-refractivity contribution in [1.82, 2.24) is 20.2 Å². The number of aryl methyl sites for hydroxylation is 2. The van der Waals surface area contributed by atoms with Gasteiger partial charge in [0.15, 0.2) is 0 Å². The van der Waals surface area contributed by atoms with Crippen LogP contribution in [0.4, 0.5) is 5.69 Å². The molecule has 0 saturated heterocycles. The van der Waals surface area contributed by atoms with Gasteiger partial charge in [-0.2, -0.15) is 5.10 Å². The van der Waals surface area contributed by atoms with Crippen molar-refractivity contribution < 1.29 is 13.2 Å². The van der Waals surface area contributed by atoms with Crippen LogP contribution in [0.1, 0.15) is 11.4 Å². The third-order valence-corrected chi connectivity index (χ3v) is 4.81. The number of benzene rings is 1. The van der Waals surface area contributed by atoms with Gasteiger partial charge in [0, 0.05) is 0 Å². The summed E-state index contributed by atoms with van der Waals surface area (Å²) >= 11 is 0. The van der Waals surface area contributed by atoms with Crippen molar-refractivity contribution in [3.8, 4) is 11.8 Å². The van der Waals surface area contributed by atoms with E-state index in [2.05, 4.69) is 24.9 Å². The Morgan fingerprint density at radius 2 is 1.75 bits per heavy atom. The molecule has 0 spiro atoms. The number of sulfonamides is 1. The predicted octanol–water partition coefficient (Wildman–Crippen LogP) is 2.41. The van der Waals surface area contributed by atoms with Crippen LogP contribution in [0, 0.1) is 13.8 Å². The van der Waals surface area contributed by atoms with Crippen molar-refractivity contribution in [3.05, 3.63) is 54.1 Å². The van der Waals surface area contributed by atoms with Crippen LogP contribution >= 0.6 is 0 Å². The summed E-state index contributed by atoms with van der Waals surface area (Å²) in [5.74, 6) is 0.593. The van der Waals surface area contributed by atoms with E-state index in [1.807, 2.05) is 18.2 Å². The smallest absolute Gasteiger partial charge is 0.322 e. The van der Waals surface area contributed by atoms with Crippen molar-refractivity contribution in [2.45, 2.75) is 18.7 Å². The van der Waals surface area contributed by atoms with Gasteiger partial charge in [0.2, 0.25) is 0 Å². The molecule has 124 valence electrons. The number of aromatic nitrogens is 4. The standard InChI is InChI=1S/C15H15N5O3S/c1-10-14(11(2)19-18-10)24(21,22)20-12-8-16-15(17-9-12)23-13-6-4-3-5-7-13/h3-9,20H,1-2H3,(H,18,19). The molecule has 9 heteroatoms. The first-order valence-electron chi connectivity index (χ1n) is 7.05. The molecular weight excluding hydrogens is 330 g/mol. The van der Waals surface area contributed by atoms with E-state index in [-0.39, 0.29) is 16.6 Å². The molecule has 1 aromatic carbocycles. The van der Waals surface area contributed by atoms with Crippen LogP contribution in [-0.2, 0) is 10.0 Å². The highest BCUT2D eigenvalue weighted by Crippen LogP contribution is 2.21. The molecule has 24 heavy (non-hydrogen) atoms. The van der Waals surface area contributed by atoms with E-state index < -0.39 is 10.0 Å². The Bertz CT molecular complexity index is 918. The molecule has 0 aliphatic rings. The van der Waals surface area contributed by atoms with E-state index >= 15 is 0 Å². The van der Waals surface area contributed by atoms with E-state index in [1.165, 1.54) is 12.4 Å². The summed E-state index contributed by atoms with van der Waals surface area (Å²) in [6, 6.07) is 9.18. The van der Waals surface area contributed by atoms with Gasteiger partial charge in [-0.1, -0.05) is 18.2 Å². The quantitative estimate of drug-likeness (QED) is 0.735. The molecule has 2 N–H and O–H groups in total. The van der Waals surface area contributed by atoms with Gasteiger partial charge in [-0.15, -0.1) is 0 Å². The maximum atomic E-state index is 12.4. The molecule has 3 rings (SSSR count). The van der Waals surface area contributed by atoms with E-state index in [4.69, 9.17) is 4.74 Å². The maximum Gasteiger partial charge on any atom is 0.322 e. The number of aromatic amines is 1. The average Bonchev–Trinajstić information content (AvgIpc) is 2.90. The van der Waals surface area contributed by atoms with Gasteiger partial charge in [0.05, 0.1) is 29.5 Å². The summed E-state index contributed by atoms with van der Waals surface area (Å²) in [6.45, 7) is 3.26. The van der Waals surface area contributed by atoms with Crippen molar-refractivity contribution in [2.24, 2.45) is 0 Å². The molecule has 8 nitrogen and oxygen atoms in total. The summed E-state index contributed by atoms with van der Waals surface area (Å²) in [5.41, 5.74) is 1.09. The Morgan fingerprint density at radius 1 is 1.08 bits per heavy atom. The number of ether oxygens (including phenoxy) is 1. The van der Waals surface area contributed by atoms with Crippen LogP contribution in [0.2, 0.25) is 0 Å². The first kappa shape index (κ1) is 15.9. The van der Waals surface area contributed by atoms with Gasteiger partial charge < -0.3 is 4.74 Å². The third-order valence-electron chi connectivity index (χ3n) is 3.16. The molecule has 2 heterocycles. The lowest BCUT2D eigenvalue weighted by molar-refractivity contribution is 0.442. The van der Waals surface area contributed by atoms with Crippen LogP contribution in [0.15, 0.2) is 47.6 Å². The second-order valence-electron chi connectivity index (χ2n) is 5.04. The molecule has 0 saturated carbocycles. The Balaban J connectivity index is 1.77. The van der Waals surface area contributed by atoms with Crippen LogP contribution < -0.4 is 9.46 Å². The van der Waals surface area contributed by atoms with Crippen molar-refractivity contribution in [1.29, 1.82) is 0 Å². The summed E-state index contributed by atoms with van der Waals surface area (Å²) in [5, 5.41) is 6.53. The van der Waals surface area contributed by atoms with E-state index in [9.17, 15) is 8.42 Å². The first-order chi connectivity index (χ1) is 11.5. The molecule has 2 aromatic heterocycles. The molecule has 0 bridgehead atoms. The van der Waals surface area contributed by atoms with Crippen molar-refractivity contribution in [2.75, 3.05) is 4.72 Å². The molecule has 0 atom stereocenters. The molecule has 3 aromatic rings. The van der Waals surface area contributed by atoms with Gasteiger partial charge >= 0.3 is 6.01 Å². The molecule has 0 fully saturated rings. The van der Waals surface area contributed by atoms with E-state index in [1.54, 1.807) is 26.0 Å². The van der Waals surface area contributed by atoms with Gasteiger partial charge in [-0.25, -0.2) is 18.4 Å². The molecule has 0 aliphatic carbocycles. The number of nitrogens with zero attached hydrogens (tertiary/aromatic N) is 3. The highest BCUT2D eigenvalue weighted by atomic mass is 32.2. The largest absolute Gasteiger partial charge is 0.424 e. The molecule has 0 amide bonds. The molecule has 0 aliphatic heterocycles. The number of nitrogens with one attached hydrogen (secondary N) is 2. The van der Waals surface area contributed by atoms with Gasteiger partial charge in [-0.05, 0) is 26.0 Å². The minimum Gasteiger partial charge on any atom is -0.424 e. The minimum atomic E-state index is -3.77. The van der Waals surface area contributed by atoms with Crippen LogP contribution in [0.5, 0.6) is 11.8 Å². The number of hydrogen-bond donors (Lipinski definition) is 2. The second-order valence-corrected chi connectivity index (χ2v) is 6.66. The maximum absolute atomic E-state index is 12.4. The van der Waals surface area contributed by atoms with Crippen molar-refractivity contribution in [3.63, 3.8) is 0 Å². The first-order valence-corrected chi connectivity index (χ1v) is 8.53. The van der Waals surface area contributed by atoms with Gasteiger partial charge in [0.25, 0.3) is 10.0 Å². The monoisotopic (exact) mass is 345 g/mol. The fourth-order valence-electron chi connectivity index (χ4n) is 2.16. The SMILES string of the molecule is Cc1n[nH]c(C)c1S(=O)(=O)Nc1cnc(Oc2ccccc2)nc1. The number of hydrogen-bond acceptors (Lipinski definition) is 6.